The van der Waals surface area contributed by atoms with Gasteiger partial charge in [-0.25, -0.2) is 9.18 Å². The van der Waals surface area contributed by atoms with Gasteiger partial charge in [0, 0.05) is 57.1 Å². The molecule has 2 saturated heterocycles. The fourth-order valence-electron chi connectivity index (χ4n) is 6.19. The predicted molar refractivity (Wildman–Crippen MR) is 159 cm³/mol. The number of nitrogens with zero attached hydrogens (tertiary/aromatic N) is 3. The van der Waals surface area contributed by atoms with Crippen LogP contribution in [0.25, 0.3) is 0 Å². The molecule has 1 aliphatic carbocycles. The average molecular weight is 619 g/mol. The highest BCUT2D eigenvalue weighted by atomic mass is 19.4. The van der Waals surface area contributed by atoms with Gasteiger partial charge in [-0.05, 0) is 67.5 Å². The minimum Gasteiger partial charge on any atom is -0.342 e. The lowest BCUT2D eigenvalue weighted by Crippen LogP contribution is -2.50. The SMILES string of the molecule is C=CCN(C(=O)NCc1ccc(C(F)(F)F)cc1)C1CCN(O)CC1.O=C(C1CCCC1)N1CCC(c2ccc(F)cc2)C1. The van der Waals surface area contributed by atoms with Crippen LogP contribution in [0.5, 0.6) is 0 Å². The Balaban J connectivity index is 0.000000208. The number of benzene rings is 2. The van der Waals surface area contributed by atoms with Gasteiger partial charge in [0.1, 0.15) is 5.82 Å². The second kappa shape index (κ2) is 15.5. The molecule has 1 unspecified atom stereocenters. The van der Waals surface area contributed by atoms with Gasteiger partial charge in [0.25, 0.3) is 0 Å². The van der Waals surface area contributed by atoms with Gasteiger partial charge in [-0.2, -0.15) is 18.2 Å². The smallest absolute Gasteiger partial charge is 0.342 e. The zero-order valence-electron chi connectivity index (χ0n) is 24.9. The first-order chi connectivity index (χ1) is 21.0. The van der Waals surface area contributed by atoms with Crippen LogP contribution in [0.2, 0.25) is 0 Å². The van der Waals surface area contributed by atoms with Crippen LogP contribution in [0.1, 0.15) is 67.6 Å². The standard InChI is InChI=1S/C17H22F3N3O2.C16H20FNO/c1-2-9-23(15-7-10-22(25)11-8-15)16(24)21-12-13-3-5-14(6-4-13)17(18,19)20;17-15-7-5-12(6-8-15)14-9-10-18(11-14)16(19)13-3-1-2-4-13/h2-6,15,25H,1,7-12H2,(H,21,24);5-8,13-14H,1-4,9-11H2. The topological polar surface area (TPSA) is 76.1 Å². The van der Waals surface area contributed by atoms with E-state index in [1.165, 1.54) is 42.2 Å². The summed E-state index contributed by atoms with van der Waals surface area (Å²) >= 11 is 0. The van der Waals surface area contributed by atoms with E-state index in [-0.39, 0.29) is 30.4 Å². The van der Waals surface area contributed by atoms with E-state index in [4.69, 9.17) is 0 Å². The monoisotopic (exact) mass is 618 g/mol. The summed E-state index contributed by atoms with van der Waals surface area (Å²) in [6, 6.07) is 11.1. The molecule has 3 fully saturated rings. The van der Waals surface area contributed by atoms with Gasteiger partial charge in [0.2, 0.25) is 5.91 Å². The number of halogens is 4. The van der Waals surface area contributed by atoms with Crippen LogP contribution in [0, 0.1) is 11.7 Å². The normalized spacial score (nSPS) is 19.8. The van der Waals surface area contributed by atoms with Crippen molar-refractivity contribution < 1.29 is 32.4 Å². The fourth-order valence-corrected chi connectivity index (χ4v) is 6.19. The molecule has 5 rings (SSSR count). The Morgan fingerprint density at radius 3 is 2.18 bits per heavy atom. The third-order valence-corrected chi connectivity index (χ3v) is 8.74. The number of amides is 3. The number of alkyl halides is 3. The molecule has 0 radical (unpaired) electrons. The summed E-state index contributed by atoms with van der Waals surface area (Å²) in [5.74, 6) is 0.806. The molecule has 0 bridgehead atoms. The Kier molecular flexibility index (Phi) is 11.8. The van der Waals surface area contributed by atoms with E-state index in [2.05, 4.69) is 11.9 Å². The van der Waals surface area contributed by atoms with E-state index in [1.54, 1.807) is 11.0 Å². The summed E-state index contributed by atoms with van der Waals surface area (Å²) in [6.45, 7) is 6.81. The minimum atomic E-state index is -4.37. The van der Waals surface area contributed by atoms with Crippen molar-refractivity contribution in [1.82, 2.24) is 20.2 Å². The van der Waals surface area contributed by atoms with Gasteiger partial charge in [0.15, 0.2) is 0 Å². The molecule has 2 aliphatic heterocycles. The molecule has 1 atom stereocenters. The van der Waals surface area contributed by atoms with Crippen LogP contribution in [0.3, 0.4) is 0 Å². The number of rotatable bonds is 7. The maximum atomic E-state index is 12.9. The van der Waals surface area contributed by atoms with Gasteiger partial charge in [0.05, 0.1) is 5.56 Å². The number of carbonyl (C=O) groups is 2. The number of carbonyl (C=O) groups excluding carboxylic acids is 2. The second-order valence-corrected chi connectivity index (χ2v) is 11.8. The molecule has 3 amide bonds. The maximum Gasteiger partial charge on any atom is 0.416 e. The zero-order chi connectivity index (χ0) is 31.7. The van der Waals surface area contributed by atoms with Crippen molar-refractivity contribution in [3.8, 4) is 0 Å². The van der Waals surface area contributed by atoms with Gasteiger partial charge in [-0.3, -0.25) is 4.79 Å². The molecule has 2 N–H and O–H groups in total. The first-order valence-electron chi connectivity index (χ1n) is 15.3. The van der Waals surface area contributed by atoms with Gasteiger partial charge >= 0.3 is 12.2 Å². The molecule has 44 heavy (non-hydrogen) atoms. The summed E-state index contributed by atoms with van der Waals surface area (Å²) in [5, 5.41) is 13.4. The Morgan fingerprint density at radius 2 is 1.59 bits per heavy atom. The molecule has 2 aromatic carbocycles. The lowest BCUT2D eigenvalue weighted by atomic mass is 9.98. The predicted octanol–water partition coefficient (Wildman–Crippen LogP) is 6.59. The van der Waals surface area contributed by atoms with Crippen molar-refractivity contribution in [2.45, 2.75) is 69.6 Å². The largest absolute Gasteiger partial charge is 0.416 e. The van der Waals surface area contributed by atoms with Crippen molar-refractivity contribution >= 4 is 11.9 Å². The average Bonchev–Trinajstić information content (AvgIpc) is 3.73. The Morgan fingerprint density at radius 1 is 0.955 bits per heavy atom. The van der Waals surface area contributed by atoms with E-state index < -0.39 is 11.7 Å². The lowest BCUT2D eigenvalue weighted by molar-refractivity contribution is -0.137. The highest BCUT2D eigenvalue weighted by Crippen LogP contribution is 2.32. The number of nitrogens with one attached hydrogen (secondary N) is 1. The van der Waals surface area contributed by atoms with E-state index in [0.29, 0.717) is 49.9 Å². The van der Waals surface area contributed by atoms with Crippen LogP contribution in [0.15, 0.2) is 61.2 Å². The number of hydrogen-bond acceptors (Lipinski definition) is 4. The quantitative estimate of drug-likeness (QED) is 0.271. The zero-order valence-corrected chi connectivity index (χ0v) is 24.9. The van der Waals surface area contributed by atoms with Crippen LogP contribution < -0.4 is 5.32 Å². The maximum absolute atomic E-state index is 12.9. The van der Waals surface area contributed by atoms with Crippen LogP contribution in [-0.4, -0.2) is 70.8 Å². The number of hydrogen-bond donors (Lipinski definition) is 2. The van der Waals surface area contributed by atoms with Crippen molar-refractivity contribution in [3.05, 3.63) is 83.7 Å². The summed E-state index contributed by atoms with van der Waals surface area (Å²) < 4.78 is 50.6. The first-order valence-corrected chi connectivity index (χ1v) is 15.3. The van der Waals surface area contributed by atoms with Crippen molar-refractivity contribution in [2.75, 3.05) is 32.7 Å². The molecule has 7 nitrogen and oxygen atoms in total. The third kappa shape index (κ3) is 9.28. The number of piperidine rings is 1. The minimum absolute atomic E-state index is 0.00555. The Bertz CT molecular complexity index is 1230. The Hall–Kier alpha value is -3.44. The molecule has 11 heteroatoms. The molecule has 2 heterocycles. The van der Waals surface area contributed by atoms with E-state index in [1.807, 2.05) is 17.0 Å². The first kappa shape index (κ1) is 33.5. The van der Waals surface area contributed by atoms with Crippen molar-refractivity contribution in [2.24, 2.45) is 5.92 Å². The lowest BCUT2D eigenvalue weighted by Gasteiger charge is -2.36. The molecule has 2 aromatic rings. The van der Waals surface area contributed by atoms with E-state index in [0.717, 1.165) is 50.0 Å². The Labute approximate surface area is 256 Å². The number of hydroxylamine groups is 2. The van der Waals surface area contributed by atoms with E-state index >= 15 is 0 Å². The highest BCUT2D eigenvalue weighted by molar-refractivity contribution is 5.79. The highest BCUT2D eigenvalue weighted by Gasteiger charge is 2.33. The van der Waals surface area contributed by atoms with Crippen LogP contribution in [-0.2, 0) is 17.5 Å². The van der Waals surface area contributed by atoms with Gasteiger partial charge in [-0.15, -0.1) is 6.58 Å². The summed E-state index contributed by atoms with van der Waals surface area (Å²) in [6.07, 6.45) is 4.09. The molecular formula is C33H42F4N4O3. The fraction of sp³-hybridized carbons (Fsp3) is 0.515. The summed E-state index contributed by atoms with van der Waals surface area (Å²) in [4.78, 5) is 28.4. The van der Waals surface area contributed by atoms with Gasteiger partial charge in [-0.1, -0.05) is 43.2 Å². The molecule has 240 valence electrons. The van der Waals surface area contributed by atoms with Crippen LogP contribution >= 0.6 is 0 Å². The van der Waals surface area contributed by atoms with Crippen molar-refractivity contribution in [1.29, 1.82) is 0 Å². The second-order valence-electron chi connectivity index (χ2n) is 11.8. The van der Waals surface area contributed by atoms with Crippen LogP contribution in [0.4, 0.5) is 22.4 Å². The molecule has 1 saturated carbocycles. The molecule has 0 aromatic heterocycles. The molecule has 0 spiro atoms. The van der Waals surface area contributed by atoms with Gasteiger partial charge < -0.3 is 20.3 Å². The molecular weight excluding hydrogens is 576 g/mol. The third-order valence-electron chi connectivity index (χ3n) is 8.74. The van der Waals surface area contributed by atoms with Crippen molar-refractivity contribution in [3.63, 3.8) is 0 Å². The summed E-state index contributed by atoms with van der Waals surface area (Å²) in [5.41, 5.74) is 1.03. The summed E-state index contributed by atoms with van der Waals surface area (Å²) in [7, 11) is 0. The number of likely N-dealkylation sites (tertiary alicyclic amines) is 1. The van der Waals surface area contributed by atoms with E-state index in [9.17, 15) is 32.4 Å². The molecule has 3 aliphatic rings. The number of urea groups is 1.